The lowest BCUT2D eigenvalue weighted by molar-refractivity contribution is -0.127. The third-order valence-electron chi connectivity index (χ3n) is 3.83. The Bertz CT molecular complexity index is 519. The summed E-state index contributed by atoms with van der Waals surface area (Å²) < 4.78 is 11.7. The van der Waals surface area contributed by atoms with Crippen LogP contribution in [0.25, 0.3) is 0 Å². The van der Waals surface area contributed by atoms with Crippen molar-refractivity contribution >= 4 is 33.2 Å². The number of halogens is 1. The molecule has 23 heavy (non-hydrogen) atoms. The fraction of sp³-hybridized carbons (Fsp3) is 0.588. The Morgan fingerprint density at radius 1 is 1.35 bits per heavy atom. The van der Waals surface area contributed by atoms with Gasteiger partial charge in [0.05, 0.1) is 24.6 Å². The lowest BCUT2D eigenvalue weighted by Gasteiger charge is -2.23. The monoisotopic (exact) mass is 384 g/mol. The van der Waals surface area contributed by atoms with Crippen molar-refractivity contribution in [2.75, 3.05) is 43.1 Å². The third kappa shape index (κ3) is 5.48. The van der Waals surface area contributed by atoms with Crippen LogP contribution in [-0.4, -0.2) is 44.9 Å². The summed E-state index contributed by atoms with van der Waals surface area (Å²) in [6.07, 6.45) is 1.88. The Morgan fingerprint density at radius 2 is 2.09 bits per heavy atom. The number of hydrogen-bond donors (Lipinski definition) is 1. The average molecular weight is 385 g/mol. The van der Waals surface area contributed by atoms with Crippen LogP contribution in [0.4, 0.5) is 11.4 Å². The smallest absolute Gasteiger partial charge is 0.253 e. The molecule has 6 heteroatoms. The summed E-state index contributed by atoms with van der Waals surface area (Å²) in [5.74, 6) is -0.139. The van der Waals surface area contributed by atoms with Crippen LogP contribution in [-0.2, 0) is 14.3 Å². The van der Waals surface area contributed by atoms with Crippen molar-refractivity contribution in [3.63, 3.8) is 0 Å². The zero-order valence-electron chi connectivity index (χ0n) is 13.8. The largest absolute Gasteiger partial charge is 0.379 e. The SMILES string of the molecule is CCOCCO[C@H](C)C(=O)Nc1cc(Br)ccc1N1CCCC1. The van der Waals surface area contributed by atoms with Gasteiger partial charge in [-0.25, -0.2) is 0 Å². The lowest BCUT2D eigenvalue weighted by atomic mass is 10.2. The predicted octanol–water partition coefficient (Wildman–Crippen LogP) is 3.43. The molecule has 0 unspecified atom stereocenters. The number of hydrogen-bond acceptors (Lipinski definition) is 4. The zero-order valence-corrected chi connectivity index (χ0v) is 15.4. The molecule has 1 aromatic carbocycles. The minimum Gasteiger partial charge on any atom is -0.379 e. The molecule has 0 bridgehead atoms. The molecule has 1 saturated heterocycles. The third-order valence-corrected chi connectivity index (χ3v) is 4.33. The molecule has 0 aliphatic carbocycles. The highest BCUT2D eigenvalue weighted by atomic mass is 79.9. The summed E-state index contributed by atoms with van der Waals surface area (Å²) in [5, 5.41) is 2.99. The summed E-state index contributed by atoms with van der Waals surface area (Å²) in [5.41, 5.74) is 1.90. The van der Waals surface area contributed by atoms with Crippen molar-refractivity contribution in [1.29, 1.82) is 0 Å². The number of amides is 1. The Hall–Kier alpha value is -1.11. The molecule has 1 aromatic rings. The quantitative estimate of drug-likeness (QED) is 0.697. The van der Waals surface area contributed by atoms with Crippen molar-refractivity contribution in [3.8, 4) is 0 Å². The number of anilines is 2. The van der Waals surface area contributed by atoms with E-state index in [9.17, 15) is 4.79 Å². The van der Waals surface area contributed by atoms with E-state index < -0.39 is 6.10 Å². The second-order valence-electron chi connectivity index (χ2n) is 5.55. The van der Waals surface area contributed by atoms with Crippen molar-refractivity contribution in [1.82, 2.24) is 0 Å². The van der Waals surface area contributed by atoms with E-state index in [1.165, 1.54) is 12.8 Å². The molecule has 1 N–H and O–H groups in total. The first-order chi connectivity index (χ1) is 11.1. The molecule has 1 aliphatic heterocycles. The van der Waals surface area contributed by atoms with Crippen LogP contribution in [0.2, 0.25) is 0 Å². The van der Waals surface area contributed by atoms with E-state index in [2.05, 4.69) is 26.1 Å². The minimum atomic E-state index is -0.513. The zero-order chi connectivity index (χ0) is 16.7. The average Bonchev–Trinajstić information content (AvgIpc) is 3.05. The van der Waals surface area contributed by atoms with Crippen LogP contribution in [0.3, 0.4) is 0 Å². The normalized spacial score (nSPS) is 15.7. The first-order valence-electron chi connectivity index (χ1n) is 8.16. The van der Waals surface area contributed by atoms with Gasteiger partial charge in [-0.05, 0) is 44.9 Å². The summed E-state index contributed by atoms with van der Waals surface area (Å²) in [4.78, 5) is 14.7. The first-order valence-corrected chi connectivity index (χ1v) is 8.96. The highest BCUT2D eigenvalue weighted by Crippen LogP contribution is 2.31. The van der Waals surface area contributed by atoms with Crippen molar-refractivity contribution in [2.24, 2.45) is 0 Å². The minimum absolute atomic E-state index is 0.139. The Kier molecular flexibility index (Phi) is 7.33. The molecule has 0 spiro atoms. The maximum atomic E-state index is 12.3. The van der Waals surface area contributed by atoms with E-state index in [4.69, 9.17) is 9.47 Å². The van der Waals surface area contributed by atoms with Crippen LogP contribution in [0.5, 0.6) is 0 Å². The van der Waals surface area contributed by atoms with E-state index in [0.717, 1.165) is 28.9 Å². The molecule has 128 valence electrons. The number of benzene rings is 1. The molecule has 1 aliphatic rings. The van der Waals surface area contributed by atoms with Gasteiger partial charge in [-0.2, -0.15) is 0 Å². The number of carbonyl (C=O) groups excluding carboxylic acids is 1. The molecule has 0 saturated carbocycles. The molecule has 1 fully saturated rings. The Balaban J connectivity index is 1.97. The van der Waals surface area contributed by atoms with Gasteiger partial charge in [-0.15, -0.1) is 0 Å². The number of rotatable bonds is 8. The lowest BCUT2D eigenvalue weighted by Crippen LogP contribution is -2.30. The van der Waals surface area contributed by atoms with Crippen LogP contribution < -0.4 is 10.2 Å². The molecular formula is C17H25BrN2O3. The summed E-state index contributed by atoms with van der Waals surface area (Å²) >= 11 is 3.47. The summed E-state index contributed by atoms with van der Waals surface area (Å²) in [6.45, 7) is 7.33. The maximum Gasteiger partial charge on any atom is 0.253 e. The number of ether oxygens (including phenoxy) is 2. The highest BCUT2D eigenvalue weighted by molar-refractivity contribution is 9.10. The summed E-state index contributed by atoms with van der Waals surface area (Å²) in [7, 11) is 0. The van der Waals surface area contributed by atoms with Crippen LogP contribution >= 0.6 is 15.9 Å². The molecular weight excluding hydrogens is 360 g/mol. The second-order valence-corrected chi connectivity index (χ2v) is 6.47. The van der Waals surface area contributed by atoms with E-state index in [0.29, 0.717) is 19.8 Å². The van der Waals surface area contributed by atoms with Gasteiger partial charge < -0.3 is 19.7 Å². The molecule has 5 nitrogen and oxygen atoms in total. The van der Waals surface area contributed by atoms with Crippen molar-refractivity contribution in [2.45, 2.75) is 32.8 Å². The van der Waals surface area contributed by atoms with Crippen molar-refractivity contribution < 1.29 is 14.3 Å². The summed E-state index contributed by atoms with van der Waals surface area (Å²) in [6, 6.07) is 6.00. The van der Waals surface area contributed by atoms with Gasteiger partial charge in [0, 0.05) is 24.2 Å². The highest BCUT2D eigenvalue weighted by Gasteiger charge is 2.19. The molecule has 0 aromatic heterocycles. The van der Waals surface area contributed by atoms with Gasteiger partial charge in [0.15, 0.2) is 0 Å². The Morgan fingerprint density at radius 3 is 2.78 bits per heavy atom. The molecule has 2 rings (SSSR count). The van der Waals surface area contributed by atoms with Crippen LogP contribution in [0.1, 0.15) is 26.7 Å². The van der Waals surface area contributed by atoms with Gasteiger partial charge in [0.1, 0.15) is 6.10 Å². The molecule has 1 amide bonds. The van der Waals surface area contributed by atoms with E-state index >= 15 is 0 Å². The number of nitrogens with one attached hydrogen (secondary N) is 1. The topological polar surface area (TPSA) is 50.8 Å². The maximum absolute atomic E-state index is 12.3. The van der Waals surface area contributed by atoms with Gasteiger partial charge in [-0.3, -0.25) is 4.79 Å². The second kappa shape index (κ2) is 9.25. The van der Waals surface area contributed by atoms with Gasteiger partial charge in [0.25, 0.3) is 5.91 Å². The van der Waals surface area contributed by atoms with E-state index in [1.807, 2.05) is 25.1 Å². The van der Waals surface area contributed by atoms with E-state index in [-0.39, 0.29) is 5.91 Å². The fourth-order valence-electron chi connectivity index (χ4n) is 2.58. The van der Waals surface area contributed by atoms with Gasteiger partial charge in [-0.1, -0.05) is 15.9 Å². The standard InChI is InChI=1S/C17H25BrN2O3/c1-3-22-10-11-23-13(2)17(21)19-15-12-14(18)6-7-16(15)20-8-4-5-9-20/h6-7,12-13H,3-5,8-11H2,1-2H3,(H,19,21)/t13-/m1/s1. The number of carbonyl (C=O) groups is 1. The predicted molar refractivity (Wildman–Crippen MR) is 96.1 cm³/mol. The Labute approximate surface area is 146 Å². The van der Waals surface area contributed by atoms with Gasteiger partial charge in [0.2, 0.25) is 0 Å². The van der Waals surface area contributed by atoms with Crippen molar-refractivity contribution in [3.05, 3.63) is 22.7 Å². The molecule has 1 heterocycles. The molecule has 0 radical (unpaired) electrons. The van der Waals surface area contributed by atoms with Crippen LogP contribution in [0.15, 0.2) is 22.7 Å². The van der Waals surface area contributed by atoms with E-state index in [1.54, 1.807) is 6.92 Å². The first kappa shape index (κ1) is 18.2. The van der Waals surface area contributed by atoms with Gasteiger partial charge >= 0.3 is 0 Å². The molecule has 1 atom stereocenters. The fourth-order valence-corrected chi connectivity index (χ4v) is 2.94. The number of nitrogens with zero attached hydrogens (tertiary/aromatic N) is 1. The van der Waals surface area contributed by atoms with Crippen LogP contribution in [0, 0.1) is 0 Å².